The molecule has 3 rings (SSSR count). The highest BCUT2D eigenvalue weighted by Gasteiger charge is 2.15. The van der Waals surface area contributed by atoms with Crippen LogP contribution in [0.4, 0.5) is 4.39 Å². The molecule has 0 saturated carbocycles. The maximum Gasteiger partial charge on any atom is 0.129 e. The van der Waals surface area contributed by atoms with Gasteiger partial charge in [0.1, 0.15) is 18.2 Å². The fourth-order valence-electron chi connectivity index (χ4n) is 2.56. The molecule has 0 spiro atoms. The number of aliphatic hydroxyl groups excluding tert-OH is 1. The predicted molar refractivity (Wildman–Crippen MR) is 92.3 cm³/mol. The molecule has 0 aliphatic rings. The summed E-state index contributed by atoms with van der Waals surface area (Å²) in [6.07, 6.45) is -0.549. The van der Waals surface area contributed by atoms with Crippen LogP contribution in [0.5, 0.6) is 5.75 Å². The Labute approximate surface area is 141 Å². The maximum atomic E-state index is 14.1. The minimum atomic E-state index is -0.910. The van der Waals surface area contributed by atoms with Crippen molar-refractivity contribution < 1.29 is 14.2 Å². The molecule has 2 nitrogen and oxygen atoms in total. The molecular formula is C21H19FO2. The highest BCUT2D eigenvalue weighted by Crippen LogP contribution is 2.26. The molecule has 0 aliphatic heterocycles. The minimum Gasteiger partial charge on any atom is -0.489 e. The molecule has 24 heavy (non-hydrogen) atoms. The molecule has 3 aromatic carbocycles. The Morgan fingerprint density at radius 3 is 2.12 bits per heavy atom. The van der Waals surface area contributed by atoms with Gasteiger partial charge in [0.15, 0.2) is 0 Å². The second kappa shape index (κ2) is 7.75. The SMILES string of the molecule is OC(Cc1ccccc1)c1cc(OCc2ccccc2)ccc1F. The molecule has 1 atom stereocenters. The highest BCUT2D eigenvalue weighted by atomic mass is 19.1. The van der Waals surface area contributed by atoms with E-state index in [9.17, 15) is 9.50 Å². The molecule has 0 bridgehead atoms. The van der Waals surface area contributed by atoms with Crippen molar-refractivity contribution >= 4 is 0 Å². The summed E-state index contributed by atoms with van der Waals surface area (Å²) in [7, 11) is 0. The van der Waals surface area contributed by atoms with Crippen molar-refractivity contribution in [2.24, 2.45) is 0 Å². The van der Waals surface area contributed by atoms with Gasteiger partial charge < -0.3 is 9.84 Å². The topological polar surface area (TPSA) is 29.5 Å². The summed E-state index contributed by atoms with van der Waals surface area (Å²) < 4.78 is 19.8. The van der Waals surface area contributed by atoms with Crippen LogP contribution in [0.25, 0.3) is 0 Å². The number of rotatable bonds is 6. The van der Waals surface area contributed by atoms with Gasteiger partial charge in [0, 0.05) is 12.0 Å². The van der Waals surface area contributed by atoms with Gasteiger partial charge in [0.05, 0.1) is 6.10 Å². The molecule has 0 heterocycles. The van der Waals surface area contributed by atoms with E-state index >= 15 is 0 Å². The van der Waals surface area contributed by atoms with Crippen LogP contribution in [-0.4, -0.2) is 5.11 Å². The van der Waals surface area contributed by atoms with Crippen molar-refractivity contribution in [3.8, 4) is 5.75 Å². The average Bonchev–Trinajstić information content (AvgIpc) is 2.62. The summed E-state index contributed by atoms with van der Waals surface area (Å²) in [6, 6.07) is 23.8. The van der Waals surface area contributed by atoms with Crippen molar-refractivity contribution in [2.45, 2.75) is 19.1 Å². The third-order valence-electron chi connectivity index (χ3n) is 3.85. The lowest BCUT2D eigenvalue weighted by Gasteiger charge is -2.14. The van der Waals surface area contributed by atoms with Crippen LogP contribution in [0.3, 0.4) is 0 Å². The van der Waals surface area contributed by atoms with Gasteiger partial charge in [-0.1, -0.05) is 60.7 Å². The van der Waals surface area contributed by atoms with E-state index in [0.29, 0.717) is 18.8 Å². The molecule has 0 aromatic heterocycles. The molecular weight excluding hydrogens is 303 g/mol. The fraction of sp³-hybridized carbons (Fsp3) is 0.143. The second-order valence-electron chi connectivity index (χ2n) is 5.66. The van der Waals surface area contributed by atoms with Gasteiger partial charge in [-0.05, 0) is 29.3 Å². The van der Waals surface area contributed by atoms with E-state index < -0.39 is 11.9 Å². The van der Waals surface area contributed by atoms with Crippen molar-refractivity contribution in [1.29, 1.82) is 0 Å². The van der Waals surface area contributed by atoms with Crippen molar-refractivity contribution in [2.75, 3.05) is 0 Å². The number of aliphatic hydroxyl groups is 1. The zero-order valence-corrected chi connectivity index (χ0v) is 13.2. The first kappa shape index (κ1) is 16.2. The molecule has 0 fully saturated rings. The summed E-state index contributed by atoms with van der Waals surface area (Å²) in [5, 5.41) is 10.4. The third-order valence-corrected chi connectivity index (χ3v) is 3.85. The Morgan fingerprint density at radius 2 is 1.46 bits per heavy atom. The van der Waals surface area contributed by atoms with E-state index in [1.165, 1.54) is 6.07 Å². The Kier molecular flexibility index (Phi) is 5.24. The van der Waals surface area contributed by atoms with E-state index in [4.69, 9.17) is 4.74 Å². The van der Waals surface area contributed by atoms with E-state index in [0.717, 1.165) is 11.1 Å². The molecule has 1 N–H and O–H groups in total. The van der Waals surface area contributed by atoms with Crippen LogP contribution < -0.4 is 4.74 Å². The van der Waals surface area contributed by atoms with Gasteiger partial charge in [-0.2, -0.15) is 0 Å². The summed E-state index contributed by atoms with van der Waals surface area (Å²) in [5.41, 5.74) is 2.25. The summed E-state index contributed by atoms with van der Waals surface area (Å²) in [5.74, 6) is 0.118. The minimum absolute atomic E-state index is 0.254. The molecule has 3 aromatic rings. The van der Waals surface area contributed by atoms with E-state index in [1.54, 1.807) is 12.1 Å². The van der Waals surface area contributed by atoms with Crippen LogP contribution in [0.1, 0.15) is 22.8 Å². The Bertz CT molecular complexity index is 772. The largest absolute Gasteiger partial charge is 0.489 e. The number of hydrogen-bond donors (Lipinski definition) is 1. The van der Waals surface area contributed by atoms with Crippen molar-refractivity contribution in [1.82, 2.24) is 0 Å². The second-order valence-corrected chi connectivity index (χ2v) is 5.66. The highest BCUT2D eigenvalue weighted by molar-refractivity contribution is 5.32. The third kappa shape index (κ3) is 4.21. The van der Waals surface area contributed by atoms with Gasteiger partial charge in [-0.15, -0.1) is 0 Å². The standard InChI is InChI=1S/C21H19FO2/c22-20-12-11-18(24-15-17-9-5-2-6-10-17)14-19(20)21(23)13-16-7-3-1-4-8-16/h1-12,14,21,23H,13,15H2. The first-order valence-electron chi connectivity index (χ1n) is 7.90. The molecule has 0 radical (unpaired) electrons. The Balaban J connectivity index is 1.71. The van der Waals surface area contributed by atoms with Gasteiger partial charge in [0.25, 0.3) is 0 Å². The Morgan fingerprint density at radius 1 is 0.833 bits per heavy atom. The van der Waals surface area contributed by atoms with Crippen LogP contribution in [-0.2, 0) is 13.0 Å². The van der Waals surface area contributed by atoms with Crippen molar-refractivity contribution in [3.63, 3.8) is 0 Å². The van der Waals surface area contributed by atoms with Crippen LogP contribution in [0.15, 0.2) is 78.9 Å². The van der Waals surface area contributed by atoms with E-state index in [1.807, 2.05) is 60.7 Å². The molecule has 1 unspecified atom stereocenters. The average molecular weight is 322 g/mol. The van der Waals surface area contributed by atoms with Gasteiger partial charge >= 0.3 is 0 Å². The lowest BCUT2D eigenvalue weighted by molar-refractivity contribution is 0.173. The number of hydrogen-bond acceptors (Lipinski definition) is 2. The smallest absolute Gasteiger partial charge is 0.129 e. The summed E-state index contributed by atoms with van der Waals surface area (Å²) in [6.45, 7) is 0.403. The number of ether oxygens (including phenoxy) is 1. The van der Waals surface area contributed by atoms with Gasteiger partial charge in [-0.25, -0.2) is 4.39 Å². The van der Waals surface area contributed by atoms with Crippen molar-refractivity contribution in [3.05, 3.63) is 101 Å². The monoisotopic (exact) mass is 322 g/mol. The van der Waals surface area contributed by atoms with E-state index in [-0.39, 0.29) is 5.56 Å². The van der Waals surface area contributed by atoms with Crippen LogP contribution in [0.2, 0.25) is 0 Å². The molecule has 0 saturated heterocycles. The molecule has 122 valence electrons. The first-order chi connectivity index (χ1) is 11.7. The lowest BCUT2D eigenvalue weighted by Crippen LogP contribution is -2.05. The molecule has 0 amide bonds. The van der Waals surface area contributed by atoms with Crippen LogP contribution >= 0.6 is 0 Å². The molecule has 3 heteroatoms. The number of benzene rings is 3. The predicted octanol–water partition coefficient (Wildman–Crippen LogP) is 4.68. The lowest BCUT2D eigenvalue weighted by atomic mass is 10.0. The zero-order chi connectivity index (χ0) is 16.8. The Hall–Kier alpha value is -2.65. The summed E-state index contributed by atoms with van der Waals surface area (Å²) >= 11 is 0. The quantitative estimate of drug-likeness (QED) is 0.714. The summed E-state index contributed by atoms with van der Waals surface area (Å²) in [4.78, 5) is 0. The van der Waals surface area contributed by atoms with Crippen LogP contribution in [0, 0.1) is 5.82 Å². The van der Waals surface area contributed by atoms with Gasteiger partial charge in [0.2, 0.25) is 0 Å². The normalized spacial score (nSPS) is 11.9. The zero-order valence-electron chi connectivity index (χ0n) is 13.2. The maximum absolute atomic E-state index is 14.1. The van der Waals surface area contributed by atoms with E-state index in [2.05, 4.69) is 0 Å². The first-order valence-corrected chi connectivity index (χ1v) is 7.90. The fourth-order valence-corrected chi connectivity index (χ4v) is 2.56. The number of halogens is 1. The van der Waals surface area contributed by atoms with Gasteiger partial charge in [-0.3, -0.25) is 0 Å². The molecule has 0 aliphatic carbocycles.